The Morgan fingerprint density at radius 2 is 2.20 bits per heavy atom. The van der Waals surface area contributed by atoms with E-state index in [0.29, 0.717) is 12.1 Å². The lowest BCUT2D eigenvalue weighted by Gasteiger charge is -2.36. The van der Waals surface area contributed by atoms with E-state index in [0.717, 1.165) is 12.5 Å². The predicted octanol–water partition coefficient (Wildman–Crippen LogP) is 4.22. The Balaban J connectivity index is 2.00. The van der Waals surface area contributed by atoms with Crippen LogP contribution in [0, 0.1) is 5.92 Å². The van der Waals surface area contributed by atoms with E-state index in [4.69, 9.17) is 4.98 Å². The van der Waals surface area contributed by atoms with Crippen LogP contribution in [0.5, 0.6) is 0 Å². The topological polar surface area (TPSA) is 28.2 Å². The van der Waals surface area contributed by atoms with Crippen molar-refractivity contribution in [2.75, 3.05) is 18.5 Å². The highest BCUT2D eigenvalue weighted by Gasteiger charge is 2.26. The van der Waals surface area contributed by atoms with Crippen LogP contribution in [0.1, 0.15) is 64.6 Å². The Morgan fingerprint density at radius 3 is 2.90 bits per heavy atom. The SMILES string of the molecule is CCCNC(C)c1csc(N(C)C2CCCCC2C)n1. The number of aromatic nitrogens is 1. The summed E-state index contributed by atoms with van der Waals surface area (Å²) in [5.41, 5.74) is 1.19. The van der Waals surface area contributed by atoms with Crippen molar-refractivity contribution >= 4 is 16.5 Å². The van der Waals surface area contributed by atoms with Gasteiger partial charge in [0.2, 0.25) is 0 Å². The maximum atomic E-state index is 4.85. The minimum absolute atomic E-state index is 0.358. The molecular weight excluding hydrogens is 266 g/mol. The number of rotatable bonds is 6. The first-order valence-electron chi connectivity index (χ1n) is 8.05. The zero-order valence-corrected chi connectivity index (χ0v) is 14.2. The van der Waals surface area contributed by atoms with Crippen molar-refractivity contribution in [2.45, 2.75) is 65.0 Å². The number of hydrogen-bond acceptors (Lipinski definition) is 4. The van der Waals surface area contributed by atoms with Crippen LogP contribution in [-0.2, 0) is 0 Å². The Labute approximate surface area is 127 Å². The summed E-state index contributed by atoms with van der Waals surface area (Å²) in [6.45, 7) is 7.85. The summed E-state index contributed by atoms with van der Waals surface area (Å²) in [7, 11) is 2.22. The van der Waals surface area contributed by atoms with Gasteiger partial charge in [0, 0.05) is 24.5 Å². The highest BCUT2D eigenvalue weighted by atomic mass is 32.1. The highest BCUT2D eigenvalue weighted by Crippen LogP contribution is 2.32. The second kappa shape index (κ2) is 7.41. The molecule has 0 spiro atoms. The van der Waals surface area contributed by atoms with E-state index in [1.165, 1.54) is 42.9 Å². The monoisotopic (exact) mass is 295 g/mol. The Kier molecular flexibility index (Phi) is 5.85. The third-order valence-electron chi connectivity index (χ3n) is 4.52. The van der Waals surface area contributed by atoms with E-state index in [2.05, 4.69) is 43.4 Å². The number of nitrogens with zero attached hydrogens (tertiary/aromatic N) is 2. The van der Waals surface area contributed by atoms with Gasteiger partial charge in [-0.2, -0.15) is 0 Å². The fourth-order valence-electron chi connectivity index (χ4n) is 3.12. The van der Waals surface area contributed by atoms with Crippen molar-refractivity contribution < 1.29 is 0 Å². The molecule has 1 aromatic heterocycles. The Hall–Kier alpha value is -0.610. The molecule has 1 aliphatic rings. The quantitative estimate of drug-likeness (QED) is 0.851. The smallest absolute Gasteiger partial charge is 0.185 e. The summed E-state index contributed by atoms with van der Waals surface area (Å²) in [6.07, 6.45) is 6.61. The van der Waals surface area contributed by atoms with Crippen molar-refractivity contribution in [3.05, 3.63) is 11.1 Å². The summed E-state index contributed by atoms with van der Waals surface area (Å²) in [5, 5.41) is 6.91. The molecule has 3 unspecified atom stereocenters. The third-order valence-corrected chi connectivity index (χ3v) is 5.47. The summed E-state index contributed by atoms with van der Waals surface area (Å²) >= 11 is 1.79. The van der Waals surface area contributed by atoms with Gasteiger partial charge in [-0.25, -0.2) is 4.98 Å². The van der Waals surface area contributed by atoms with Crippen molar-refractivity contribution in [3.8, 4) is 0 Å². The lowest BCUT2D eigenvalue weighted by atomic mass is 9.85. The normalized spacial score (nSPS) is 24.6. The van der Waals surface area contributed by atoms with Gasteiger partial charge in [0.15, 0.2) is 5.13 Å². The third kappa shape index (κ3) is 3.73. The van der Waals surface area contributed by atoms with Crippen LogP contribution in [0.3, 0.4) is 0 Å². The molecule has 20 heavy (non-hydrogen) atoms. The highest BCUT2D eigenvalue weighted by molar-refractivity contribution is 7.13. The van der Waals surface area contributed by atoms with E-state index < -0.39 is 0 Å². The summed E-state index contributed by atoms with van der Waals surface area (Å²) < 4.78 is 0. The maximum absolute atomic E-state index is 4.85. The van der Waals surface area contributed by atoms with Crippen LogP contribution in [0.15, 0.2) is 5.38 Å². The van der Waals surface area contributed by atoms with E-state index in [9.17, 15) is 0 Å². The van der Waals surface area contributed by atoms with Gasteiger partial charge in [-0.15, -0.1) is 11.3 Å². The lowest BCUT2D eigenvalue weighted by Crippen LogP contribution is -2.39. The minimum Gasteiger partial charge on any atom is -0.348 e. The molecular formula is C16H29N3S. The van der Waals surface area contributed by atoms with E-state index in [1.807, 2.05) is 0 Å². The van der Waals surface area contributed by atoms with Crippen molar-refractivity contribution in [2.24, 2.45) is 5.92 Å². The van der Waals surface area contributed by atoms with Gasteiger partial charge in [-0.05, 0) is 38.6 Å². The van der Waals surface area contributed by atoms with Gasteiger partial charge in [0.25, 0.3) is 0 Å². The molecule has 1 aliphatic carbocycles. The second-order valence-electron chi connectivity index (χ2n) is 6.17. The molecule has 2 rings (SSSR count). The van der Waals surface area contributed by atoms with Crippen LogP contribution < -0.4 is 10.2 Å². The number of nitrogens with one attached hydrogen (secondary N) is 1. The minimum atomic E-state index is 0.358. The standard InChI is InChI=1S/C16H29N3S/c1-5-10-17-13(3)14-11-20-16(18-14)19(4)15-9-7-6-8-12(15)2/h11-13,15,17H,5-10H2,1-4H3. The molecule has 1 aromatic rings. The van der Waals surface area contributed by atoms with Crippen molar-refractivity contribution in [1.29, 1.82) is 0 Å². The van der Waals surface area contributed by atoms with Gasteiger partial charge in [0.1, 0.15) is 0 Å². The molecule has 4 heteroatoms. The number of thiazole rings is 1. The van der Waals surface area contributed by atoms with E-state index in [-0.39, 0.29) is 0 Å². The van der Waals surface area contributed by atoms with Crippen molar-refractivity contribution in [1.82, 2.24) is 10.3 Å². The van der Waals surface area contributed by atoms with E-state index >= 15 is 0 Å². The molecule has 0 amide bonds. The van der Waals surface area contributed by atoms with Gasteiger partial charge in [0.05, 0.1) is 5.69 Å². The van der Waals surface area contributed by atoms with Gasteiger partial charge in [-0.3, -0.25) is 0 Å². The lowest BCUT2D eigenvalue weighted by molar-refractivity contribution is 0.321. The molecule has 1 saturated carbocycles. The first-order chi connectivity index (χ1) is 9.63. The average molecular weight is 295 g/mol. The molecule has 1 fully saturated rings. The molecule has 0 saturated heterocycles. The molecule has 1 heterocycles. The Bertz CT molecular complexity index is 404. The zero-order chi connectivity index (χ0) is 14.5. The first-order valence-corrected chi connectivity index (χ1v) is 8.93. The van der Waals surface area contributed by atoms with Gasteiger partial charge in [-0.1, -0.05) is 26.7 Å². The zero-order valence-electron chi connectivity index (χ0n) is 13.4. The predicted molar refractivity (Wildman–Crippen MR) is 88.6 cm³/mol. The van der Waals surface area contributed by atoms with Crippen LogP contribution in [0.4, 0.5) is 5.13 Å². The van der Waals surface area contributed by atoms with E-state index in [1.54, 1.807) is 11.3 Å². The molecule has 0 radical (unpaired) electrons. The van der Waals surface area contributed by atoms with Crippen LogP contribution in [0.25, 0.3) is 0 Å². The second-order valence-corrected chi connectivity index (χ2v) is 7.01. The van der Waals surface area contributed by atoms with Gasteiger partial charge < -0.3 is 10.2 Å². The fourth-order valence-corrected chi connectivity index (χ4v) is 4.06. The van der Waals surface area contributed by atoms with Crippen LogP contribution in [0.2, 0.25) is 0 Å². The Morgan fingerprint density at radius 1 is 1.45 bits per heavy atom. The summed E-state index contributed by atoms with van der Waals surface area (Å²) in [6, 6.07) is 1.03. The first kappa shape index (κ1) is 15.8. The van der Waals surface area contributed by atoms with Crippen LogP contribution in [-0.4, -0.2) is 24.6 Å². The molecule has 114 valence electrons. The van der Waals surface area contributed by atoms with Crippen molar-refractivity contribution in [3.63, 3.8) is 0 Å². The molecule has 0 bridgehead atoms. The number of hydrogen-bond donors (Lipinski definition) is 1. The molecule has 1 N–H and O–H groups in total. The summed E-state index contributed by atoms with van der Waals surface area (Å²) in [5.74, 6) is 0.789. The molecule has 0 aliphatic heterocycles. The molecule has 3 atom stereocenters. The molecule has 3 nitrogen and oxygen atoms in total. The van der Waals surface area contributed by atoms with Gasteiger partial charge >= 0.3 is 0 Å². The molecule has 0 aromatic carbocycles. The number of anilines is 1. The fraction of sp³-hybridized carbons (Fsp3) is 0.812. The largest absolute Gasteiger partial charge is 0.348 e. The maximum Gasteiger partial charge on any atom is 0.185 e. The summed E-state index contributed by atoms with van der Waals surface area (Å²) in [4.78, 5) is 7.28. The average Bonchev–Trinajstić information content (AvgIpc) is 2.94. The van der Waals surface area contributed by atoms with Crippen LogP contribution >= 0.6 is 11.3 Å².